The molecule has 0 aliphatic carbocycles. The number of halogens is 1. The van der Waals surface area contributed by atoms with E-state index in [1.54, 1.807) is 23.5 Å². The number of aromatic nitrogens is 1. The first-order valence-corrected chi connectivity index (χ1v) is 6.86. The van der Waals surface area contributed by atoms with Gasteiger partial charge in [-0.15, -0.1) is 11.3 Å². The first kappa shape index (κ1) is 13.9. The Morgan fingerprint density at radius 3 is 2.89 bits per heavy atom. The summed E-state index contributed by atoms with van der Waals surface area (Å²) in [5.41, 5.74) is 1.76. The number of thiazole rings is 1. The maximum atomic E-state index is 10.8. The molecule has 0 saturated heterocycles. The fourth-order valence-electron chi connectivity index (χ4n) is 1.61. The Bertz CT molecular complexity index is 600. The van der Waals surface area contributed by atoms with Crippen LogP contribution in [0.4, 0.5) is 5.69 Å². The van der Waals surface area contributed by atoms with Crippen LogP contribution in [0.25, 0.3) is 0 Å². The molecule has 0 aliphatic rings. The number of benzene rings is 1. The smallest absolute Gasteiger partial charge is 0.288 e. The standard InChI is InChI=1S/C12H12ClN3O2S/c1-8-7-19-12(15-8)6-14-5-9-2-3-10(13)11(4-9)16(17)18/h2-4,7,14H,5-6H2,1H3. The van der Waals surface area contributed by atoms with Crippen molar-refractivity contribution in [1.29, 1.82) is 0 Å². The van der Waals surface area contributed by atoms with Gasteiger partial charge in [-0.25, -0.2) is 4.98 Å². The molecule has 100 valence electrons. The molecule has 1 aromatic heterocycles. The van der Waals surface area contributed by atoms with Crippen LogP contribution < -0.4 is 5.32 Å². The molecule has 2 rings (SSSR count). The van der Waals surface area contributed by atoms with Crippen molar-refractivity contribution in [3.05, 3.63) is 55.0 Å². The molecule has 0 bridgehead atoms. The molecule has 2 aromatic rings. The first-order chi connectivity index (χ1) is 9.06. The molecule has 7 heteroatoms. The molecule has 0 unspecified atom stereocenters. The maximum absolute atomic E-state index is 10.8. The van der Waals surface area contributed by atoms with Crippen molar-refractivity contribution in [3.8, 4) is 0 Å². The van der Waals surface area contributed by atoms with Crippen LogP contribution in [0.5, 0.6) is 0 Å². The molecule has 1 N–H and O–H groups in total. The van der Waals surface area contributed by atoms with E-state index in [9.17, 15) is 10.1 Å². The Hall–Kier alpha value is -1.50. The molecular weight excluding hydrogens is 286 g/mol. The third-order valence-corrected chi connectivity index (χ3v) is 3.77. The zero-order chi connectivity index (χ0) is 13.8. The highest BCUT2D eigenvalue weighted by Crippen LogP contribution is 2.25. The number of aryl methyl sites for hydroxylation is 1. The molecule has 0 amide bonds. The van der Waals surface area contributed by atoms with Gasteiger partial charge in [-0.2, -0.15) is 0 Å². The van der Waals surface area contributed by atoms with E-state index < -0.39 is 4.92 Å². The Kier molecular flexibility index (Phi) is 4.47. The molecule has 0 saturated carbocycles. The fourth-order valence-corrected chi connectivity index (χ4v) is 2.53. The van der Waals surface area contributed by atoms with Gasteiger partial charge in [-0.05, 0) is 18.6 Å². The predicted octanol–water partition coefficient (Wildman–Crippen LogP) is 3.30. The van der Waals surface area contributed by atoms with Gasteiger partial charge in [0, 0.05) is 30.2 Å². The zero-order valence-electron chi connectivity index (χ0n) is 10.2. The Morgan fingerprint density at radius 2 is 2.26 bits per heavy atom. The van der Waals surface area contributed by atoms with Gasteiger partial charge in [0.2, 0.25) is 0 Å². The fraction of sp³-hybridized carbons (Fsp3) is 0.250. The van der Waals surface area contributed by atoms with Crippen LogP contribution in [-0.4, -0.2) is 9.91 Å². The third-order valence-electron chi connectivity index (χ3n) is 2.48. The Morgan fingerprint density at radius 1 is 1.47 bits per heavy atom. The molecular formula is C12H12ClN3O2S. The Labute approximate surface area is 119 Å². The number of nitro benzene ring substituents is 1. The van der Waals surface area contributed by atoms with Gasteiger partial charge in [0.25, 0.3) is 5.69 Å². The lowest BCUT2D eigenvalue weighted by Crippen LogP contribution is -2.12. The topological polar surface area (TPSA) is 68.1 Å². The first-order valence-electron chi connectivity index (χ1n) is 5.61. The van der Waals surface area contributed by atoms with Crippen molar-refractivity contribution in [2.75, 3.05) is 0 Å². The highest BCUT2D eigenvalue weighted by atomic mass is 35.5. The molecule has 19 heavy (non-hydrogen) atoms. The van der Waals surface area contributed by atoms with Gasteiger partial charge in [-0.1, -0.05) is 17.7 Å². The molecule has 5 nitrogen and oxygen atoms in total. The highest BCUT2D eigenvalue weighted by Gasteiger charge is 2.12. The van der Waals surface area contributed by atoms with Crippen molar-refractivity contribution in [1.82, 2.24) is 10.3 Å². The second kappa shape index (κ2) is 6.10. The average Bonchev–Trinajstić information content (AvgIpc) is 2.77. The van der Waals surface area contributed by atoms with E-state index in [4.69, 9.17) is 11.6 Å². The molecule has 0 radical (unpaired) electrons. The summed E-state index contributed by atoms with van der Waals surface area (Å²) in [6.07, 6.45) is 0. The number of hydrogen-bond donors (Lipinski definition) is 1. The normalized spacial score (nSPS) is 10.6. The van der Waals surface area contributed by atoms with Crippen molar-refractivity contribution in [3.63, 3.8) is 0 Å². The lowest BCUT2D eigenvalue weighted by molar-refractivity contribution is -0.384. The largest absolute Gasteiger partial charge is 0.306 e. The van der Waals surface area contributed by atoms with Crippen LogP contribution in [0.2, 0.25) is 5.02 Å². The van der Waals surface area contributed by atoms with Gasteiger partial charge < -0.3 is 5.32 Å². The SMILES string of the molecule is Cc1csc(CNCc2ccc(Cl)c([N+](=O)[O-])c2)n1. The third kappa shape index (κ3) is 3.73. The predicted molar refractivity (Wildman–Crippen MR) is 75.5 cm³/mol. The quantitative estimate of drug-likeness (QED) is 0.679. The van der Waals surface area contributed by atoms with E-state index >= 15 is 0 Å². The van der Waals surface area contributed by atoms with Gasteiger partial charge in [0.1, 0.15) is 10.0 Å². The summed E-state index contributed by atoms with van der Waals surface area (Å²) >= 11 is 7.35. The zero-order valence-corrected chi connectivity index (χ0v) is 11.8. The van der Waals surface area contributed by atoms with Crippen LogP contribution >= 0.6 is 22.9 Å². The summed E-state index contributed by atoms with van der Waals surface area (Å²) < 4.78 is 0. The number of hydrogen-bond acceptors (Lipinski definition) is 5. The van der Waals surface area contributed by atoms with Crippen LogP contribution in [0, 0.1) is 17.0 Å². The van der Waals surface area contributed by atoms with Crippen LogP contribution in [-0.2, 0) is 13.1 Å². The molecule has 1 aromatic carbocycles. The second-order valence-corrected chi connectivity index (χ2v) is 5.38. The van der Waals surface area contributed by atoms with Gasteiger partial charge >= 0.3 is 0 Å². The maximum Gasteiger partial charge on any atom is 0.288 e. The highest BCUT2D eigenvalue weighted by molar-refractivity contribution is 7.09. The van der Waals surface area contributed by atoms with Crippen molar-refractivity contribution < 1.29 is 4.92 Å². The Balaban J connectivity index is 1.96. The molecule has 0 spiro atoms. The van der Waals surface area contributed by atoms with Crippen LogP contribution in [0.3, 0.4) is 0 Å². The van der Waals surface area contributed by atoms with Gasteiger partial charge in [0.05, 0.1) is 4.92 Å². The summed E-state index contributed by atoms with van der Waals surface area (Å²) in [4.78, 5) is 14.6. The van der Waals surface area contributed by atoms with E-state index in [-0.39, 0.29) is 10.7 Å². The van der Waals surface area contributed by atoms with Gasteiger partial charge in [-0.3, -0.25) is 10.1 Å². The molecule has 0 aliphatic heterocycles. The van der Waals surface area contributed by atoms with Gasteiger partial charge in [0.15, 0.2) is 0 Å². The van der Waals surface area contributed by atoms with Crippen LogP contribution in [0.1, 0.15) is 16.3 Å². The van der Waals surface area contributed by atoms with Crippen molar-refractivity contribution in [2.45, 2.75) is 20.0 Å². The summed E-state index contributed by atoms with van der Waals surface area (Å²) in [6.45, 7) is 3.13. The van der Waals surface area contributed by atoms with E-state index in [1.165, 1.54) is 6.07 Å². The monoisotopic (exact) mass is 297 g/mol. The summed E-state index contributed by atoms with van der Waals surface area (Å²) in [6, 6.07) is 4.81. The average molecular weight is 298 g/mol. The van der Waals surface area contributed by atoms with Crippen molar-refractivity contribution >= 4 is 28.6 Å². The lowest BCUT2D eigenvalue weighted by atomic mass is 10.2. The lowest BCUT2D eigenvalue weighted by Gasteiger charge is -2.03. The van der Waals surface area contributed by atoms with Crippen molar-refractivity contribution in [2.24, 2.45) is 0 Å². The summed E-state index contributed by atoms with van der Waals surface area (Å²) in [7, 11) is 0. The minimum absolute atomic E-state index is 0.0638. The van der Waals surface area contributed by atoms with E-state index in [1.807, 2.05) is 12.3 Å². The number of nitrogens with zero attached hydrogens (tertiary/aromatic N) is 2. The molecule has 0 fully saturated rings. The summed E-state index contributed by atoms with van der Waals surface area (Å²) in [5, 5.41) is 17.1. The molecule has 1 heterocycles. The van der Waals surface area contributed by atoms with Crippen LogP contribution in [0.15, 0.2) is 23.6 Å². The minimum atomic E-state index is -0.476. The number of nitro groups is 1. The van der Waals surface area contributed by atoms with E-state index in [0.29, 0.717) is 13.1 Å². The summed E-state index contributed by atoms with van der Waals surface area (Å²) in [5.74, 6) is 0. The second-order valence-electron chi connectivity index (χ2n) is 4.03. The van der Waals surface area contributed by atoms with E-state index in [2.05, 4.69) is 10.3 Å². The van der Waals surface area contributed by atoms with E-state index in [0.717, 1.165) is 16.3 Å². The minimum Gasteiger partial charge on any atom is -0.306 e. The number of nitrogens with one attached hydrogen (secondary N) is 1. The number of rotatable bonds is 5. The molecule has 0 atom stereocenters.